The first kappa shape index (κ1) is 23.1. The maximum Gasteiger partial charge on any atom is 0.167 e. The Morgan fingerprint density at radius 1 is 0.788 bits per heavy atom. The van der Waals surface area contributed by atoms with Crippen molar-refractivity contribution in [3.63, 3.8) is 0 Å². The molecule has 1 aliphatic carbocycles. The van der Waals surface area contributed by atoms with Gasteiger partial charge in [-0.05, 0) is 54.2 Å². The van der Waals surface area contributed by atoms with E-state index in [0.29, 0.717) is 23.3 Å². The molecule has 2 atom stereocenters. The van der Waals surface area contributed by atoms with Gasteiger partial charge in [0.25, 0.3) is 0 Å². The molecule has 0 aromatic heterocycles. The van der Waals surface area contributed by atoms with Gasteiger partial charge in [0.1, 0.15) is 11.6 Å². The molecule has 2 nitrogen and oxygen atoms in total. The van der Waals surface area contributed by atoms with Crippen molar-refractivity contribution in [1.29, 1.82) is 0 Å². The summed E-state index contributed by atoms with van der Waals surface area (Å²) >= 11 is 0. The van der Waals surface area contributed by atoms with Crippen molar-refractivity contribution in [2.45, 2.75) is 32.3 Å². The van der Waals surface area contributed by atoms with E-state index in [1.165, 1.54) is 6.08 Å². The van der Waals surface area contributed by atoms with Gasteiger partial charge in [0, 0.05) is 24.2 Å². The molecule has 0 radical (unpaired) electrons. The fourth-order valence-electron chi connectivity index (χ4n) is 4.09. The van der Waals surface area contributed by atoms with Gasteiger partial charge in [0.2, 0.25) is 0 Å². The minimum Gasteiger partial charge on any atom is -0.493 e. The van der Waals surface area contributed by atoms with Crippen LogP contribution in [0.15, 0.2) is 72.6 Å². The van der Waals surface area contributed by atoms with Gasteiger partial charge in [-0.15, -0.1) is 0 Å². The molecule has 0 saturated carbocycles. The Hall–Kier alpha value is -3.05. The van der Waals surface area contributed by atoms with E-state index in [1.807, 2.05) is 31.2 Å². The first-order valence-electron chi connectivity index (χ1n) is 11.2. The van der Waals surface area contributed by atoms with Gasteiger partial charge >= 0.3 is 0 Å². The standard InChI is InChI=1S/C28H27F3O2/c1-3-18-4-6-19(7-5-18)24-14-15-25(28(31)27(24)30)20-8-11-22(12-9-20)33-17-21-10-13-23(32-2)16-26(21)29/h4-9,11-12,14-16,21,23H,3,10,13,17H2,1-2H3. The van der Waals surface area contributed by atoms with E-state index in [9.17, 15) is 13.2 Å². The lowest BCUT2D eigenvalue weighted by Crippen LogP contribution is -2.22. The second-order valence-electron chi connectivity index (χ2n) is 8.27. The quantitative estimate of drug-likeness (QED) is 0.369. The number of methoxy groups -OCH3 is 1. The van der Waals surface area contributed by atoms with Crippen LogP contribution in [0.1, 0.15) is 25.3 Å². The van der Waals surface area contributed by atoms with Crippen LogP contribution in [-0.2, 0) is 11.2 Å². The van der Waals surface area contributed by atoms with Gasteiger partial charge < -0.3 is 9.47 Å². The number of halogens is 3. The van der Waals surface area contributed by atoms with Crippen molar-refractivity contribution in [3.05, 3.63) is 89.8 Å². The third-order valence-electron chi connectivity index (χ3n) is 6.21. The molecule has 5 heteroatoms. The Kier molecular flexibility index (Phi) is 7.19. The summed E-state index contributed by atoms with van der Waals surface area (Å²) in [5.41, 5.74) is 2.73. The lowest BCUT2D eigenvalue weighted by molar-refractivity contribution is 0.107. The van der Waals surface area contributed by atoms with Crippen molar-refractivity contribution in [3.8, 4) is 28.0 Å². The fourth-order valence-corrected chi connectivity index (χ4v) is 4.09. The number of aryl methyl sites for hydroxylation is 1. The maximum atomic E-state index is 14.9. The highest BCUT2D eigenvalue weighted by atomic mass is 19.2. The molecular weight excluding hydrogens is 425 g/mol. The number of rotatable bonds is 7. The van der Waals surface area contributed by atoms with Gasteiger partial charge in [-0.2, -0.15) is 0 Å². The van der Waals surface area contributed by atoms with Gasteiger partial charge in [0.05, 0.1) is 12.7 Å². The van der Waals surface area contributed by atoms with Crippen LogP contribution < -0.4 is 4.74 Å². The van der Waals surface area contributed by atoms with Crippen LogP contribution in [0.4, 0.5) is 13.2 Å². The third kappa shape index (κ3) is 5.14. The summed E-state index contributed by atoms with van der Waals surface area (Å²) in [5.74, 6) is -1.73. The van der Waals surface area contributed by atoms with Crippen LogP contribution in [-0.4, -0.2) is 19.8 Å². The molecule has 0 aliphatic heterocycles. The maximum absolute atomic E-state index is 14.9. The highest BCUT2D eigenvalue weighted by Gasteiger charge is 2.24. The third-order valence-corrected chi connectivity index (χ3v) is 6.21. The molecule has 0 bridgehead atoms. The summed E-state index contributed by atoms with van der Waals surface area (Å²) in [7, 11) is 1.57. The largest absolute Gasteiger partial charge is 0.493 e. The van der Waals surface area contributed by atoms with Crippen LogP contribution in [0.5, 0.6) is 5.75 Å². The Balaban J connectivity index is 1.47. The molecular formula is C28H27F3O2. The molecule has 172 valence electrons. The van der Waals surface area contributed by atoms with Gasteiger partial charge in [-0.25, -0.2) is 13.2 Å². The van der Waals surface area contributed by atoms with Crippen LogP contribution in [0.2, 0.25) is 0 Å². The summed E-state index contributed by atoms with van der Waals surface area (Å²) in [6.45, 7) is 2.26. The molecule has 0 spiro atoms. The zero-order valence-electron chi connectivity index (χ0n) is 18.8. The SMILES string of the molecule is CCc1ccc(-c2ccc(-c3ccc(OCC4CCC(OC)C=C4F)cc3)c(F)c2F)cc1. The van der Waals surface area contributed by atoms with Gasteiger partial charge in [-0.1, -0.05) is 55.5 Å². The summed E-state index contributed by atoms with van der Waals surface area (Å²) in [6, 6.07) is 17.4. The van der Waals surface area contributed by atoms with E-state index in [4.69, 9.17) is 9.47 Å². The average molecular weight is 453 g/mol. The summed E-state index contributed by atoms with van der Waals surface area (Å²) < 4.78 is 54.9. The molecule has 0 N–H and O–H groups in total. The van der Waals surface area contributed by atoms with Crippen LogP contribution in [0.25, 0.3) is 22.3 Å². The molecule has 0 heterocycles. The summed E-state index contributed by atoms with van der Waals surface area (Å²) in [6.07, 6.45) is 3.60. The number of ether oxygens (including phenoxy) is 2. The van der Waals surface area contributed by atoms with E-state index < -0.39 is 11.6 Å². The highest BCUT2D eigenvalue weighted by molar-refractivity contribution is 5.72. The van der Waals surface area contributed by atoms with Crippen molar-refractivity contribution in [2.75, 3.05) is 13.7 Å². The molecule has 33 heavy (non-hydrogen) atoms. The topological polar surface area (TPSA) is 18.5 Å². The zero-order chi connectivity index (χ0) is 23.4. The summed E-state index contributed by atoms with van der Waals surface area (Å²) in [4.78, 5) is 0. The fraction of sp³-hybridized carbons (Fsp3) is 0.286. The number of hydrogen-bond donors (Lipinski definition) is 0. The second kappa shape index (κ2) is 10.3. The molecule has 1 aliphatic rings. The van der Waals surface area contributed by atoms with E-state index >= 15 is 0 Å². The lowest BCUT2D eigenvalue weighted by atomic mass is 9.93. The van der Waals surface area contributed by atoms with Crippen LogP contribution in [0, 0.1) is 17.6 Å². The molecule has 3 aromatic rings. The first-order chi connectivity index (χ1) is 16.0. The molecule has 0 fully saturated rings. The Morgan fingerprint density at radius 2 is 1.36 bits per heavy atom. The molecule has 0 saturated heterocycles. The summed E-state index contributed by atoms with van der Waals surface area (Å²) in [5, 5.41) is 0. The van der Waals surface area contributed by atoms with Crippen molar-refractivity contribution in [1.82, 2.24) is 0 Å². The molecule has 3 aromatic carbocycles. The number of hydrogen-bond acceptors (Lipinski definition) is 2. The lowest BCUT2D eigenvalue weighted by Gasteiger charge is -2.24. The van der Waals surface area contributed by atoms with Crippen molar-refractivity contribution < 1.29 is 22.6 Å². The van der Waals surface area contributed by atoms with Crippen molar-refractivity contribution in [2.24, 2.45) is 5.92 Å². The Labute approximate surface area is 192 Å². The van der Waals surface area contributed by atoms with E-state index in [-0.39, 0.29) is 35.6 Å². The second-order valence-corrected chi connectivity index (χ2v) is 8.27. The minimum atomic E-state index is -0.886. The highest BCUT2D eigenvalue weighted by Crippen LogP contribution is 2.33. The normalized spacial score (nSPS) is 18.2. The predicted octanol–water partition coefficient (Wildman–Crippen LogP) is 7.52. The number of benzene rings is 3. The Bertz CT molecular complexity index is 1120. The van der Waals surface area contributed by atoms with Gasteiger partial charge in [-0.3, -0.25) is 0 Å². The van der Waals surface area contributed by atoms with Crippen molar-refractivity contribution >= 4 is 0 Å². The van der Waals surface area contributed by atoms with Crippen LogP contribution >= 0.6 is 0 Å². The first-order valence-corrected chi connectivity index (χ1v) is 11.2. The van der Waals surface area contributed by atoms with Gasteiger partial charge in [0.15, 0.2) is 11.6 Å². The molecule has 2 unspecified atom stereocenters. The molecule has 4 rings (SSSR count). The predicted molar refractivity (Wildman–Crippen MR) is 125 cm³/mol. The molecule has 0 amide bonds. The monoisotopic (exact) mass is 452 g/mol. The van der Waals surface area contributed by atoms with E-state index in [1.54, 1.807) is 43.5 Å². The van der Waals surface area contributed by atoms with Crippen LogP contribution in [0.3, 0.4) is 0 Å². The van der Waals surface area contributed by atoms with E-state index in [0.717, 1.165) is 18.4 Å². The smallest absolute Gasteiger partial charge is 0.167 e. The van der Waals surface area contributed by atoms with E-state index in [2.05, 4.69) is 0 Å². The average Bonchev–Trinajstić information content (AvgIpc) is 2.85. The Morgan fingerprint density at radius 3 is 1.88 bits per heavy atom. The minimum absolute atomic E-state index is 0.180. The zero-order valence-corrected chi connectivity index (χ0v) is 18.8.